The molecule has 4 rings (SSSR count). The van der Waals surface area contributed by atoms with E-state index < -0.39 is 11.2 Å². The SMILES string of the molecule is O=C1NC(=O)C(Cc2cccc3c2ccn3Cc2ccc(C(=O)O)cc2)S1. The largest absolute Gasteiger partial charge is 0.478 e. The standard InChI is InChI=1S/C20H16N2O4S/c23-18-17(27-20(26)21-18)10-14-2-1-3-16-15(14)8-9-22(16)11-12-4-6-13(7-5-12)19(24)25/h1-9,17H,10-11H2,(H,24,25)(H,21,23,26). The predicted octanol–water partition coefficient (Wildman–Crippen LogP) is 3.28. The van der Waals surface area contributed by atoms with E-state index in [0.717, 1.165) is 33.8 Å². The van der Waals surface area contributed by atoms with E-state index in [-0.39, 0.29) is 16.7 Å². The number of thioether (sulfide) groups is 1. The molecule has 0 saturated carbocycles. The lowest BCUT2D eigenvalue weighted by molar-refractivity contribution is -0.118. The summed E-state index contributed by atoms with van der Waals surface area (Å²) in [6.45, 7) is 0.615. The molecule has 27 heavy (non-hydrogen) atoms. The molecule has 0 spiro atoms. The first-order valence-corrected chi connectivity index (χ1v) is 9.29. The highest BCUT2D eigenvalue weighted by Gasteiger charge is 2.31. The van der Waals surface area contributed by atoms with Crippen LogP contribution in [-0.4, -0.2) is 32.0 Å². The Morgan fingerprint density at radius 3 is 2.56 bits per heavy atom. The van der Waals surface area contributed by atoms with E-state index >= 15 is 0 Å². The average Bonchev–Trinajstić information content (AvgIpc) is 3.19. The molecule has 1 unspecified atom stereocenters. The zero-order chi connectivity index (χ0) is 19.0. The second-order valence-electron chi connectivity index (χ2n) is 6.38. The summed E-state index contributed by atoms with van der Waals surface area (Å²) in [5.74, 6) is -1.18. The van der Waals surface area contributed by atoms with E-state index in [1.54, 1.807) is 12.1 Å². The molecule has 3 aromatic rings. The molecule has 0 aliphatic carbocycles. The number of hydrogen-bond donors (Lipinski definition) is 2. The molecule has 0 radical (unpaired) electrons. The van der Waals surface area contributed by atoms with Crippen LogP contribution >= 0.6 is 11.8 Å². The Hall–Kier alpha value is -3.06. The molecule has 1 aliphatic rings. The number of rotatable bonds is 5. The maximum atomic E-state index is 11.8. The van der Waals surface area contributed by atoms with Gasteiger partial charge in [0.2, 0.25) is 5.91 Å². The van der Waals surface area contributed by atoms with E-state index in [2.05, 4.69) is 9.88 Å². The molecule has 6 nitrogen and oxygen atoms in total. The van der Waals surface area contributed by atoms with E-state index in [1.165, 1.54) is 0 Å². The lowest BCUT2D eigenvalue weighted by Crippen LogP contribution is -2.25. The summed E-state index contributed by atoms with van der Waals surface area (Å²) in [5.41, 5.74) is 3.32. The number of carbonyl (C=O) groups is 3. The van der Waals surface area contributed by atoms with Crippen LogP contribution in [0.15, 0.2) is 54.7 Å². The van der Waals surface area contributed by atoms with E-state index in [0.29, 0.717) is 13.0 Å². The van der Waals surface area contributed by atoms with Gasteiger partial charge < -0.3 is 9.67 Å². The highest BCUT2D eigenvalue weighted by atomic mass is 32.2. The Morgan fingerprint density at radius 2 is 1.89 bits per heavy atom. The van der Waals surface area contributed by atoms with Crippen molar-refractivity contribution in [3.8, 4) is 0 Å². The van der Waals surface area contributed by atoms with Crippen molar-refractivity contribution >= 4 is 39.8 Å². The normalized spacial score (nSPS) is 16.7. The fraction of sp³-hybridized carbons (Fsp3) is 0.150. The summed E-state index contributed by atoms with van der Waals surface area (Å²) < 4.78 is 2.08. The number of aromatic carboxylic acids is 1. The first-order chi connectivity index (χ1) is 13.0. The predicted molar refractivity (Wildman–Crippen MR) is 103 cm³/mol. The van der Waals surface area contributed by atoms with Crippen LogP contribution in [0.1, 0.15) is 21.5 Å². The van der Waals surface area contributed by atoms with Gasteiger partial charge >= 0.3 is 5.97 Å². The molecule has 2 heterocycles. The van der Waals surface area contributed by atoms with Crippen LogP contribution in [0.25, 0.3) is 10.9 Å². The van der Waals surface area contributed by atoms with Crippen molar-refractivity contribution in [1.82, 2.24) is 9.88 Å². The van der Waals surface area contributed by atoms with Gasteiger partial charge in [-0.3, -0.25) is 14.9 Å². The van der Waals surface area contributed by atoms with Gasteiger partial charge in [-0.2, -0.15) is 0 Å². The second-order valence-corrected chi connectivity index (χ2v) is 7.56. The van der Waals surface area contributed by atoms with Crippen LogP contribution in [-0.2, 0) is 17.8 Å². The summed E-state index contributed by atoms with van der Waals surface area (Å²) in [7, 11) is 0. The lowest BCUT2D eigenvalue weighted by atomic mass is 10.0. The van der Waals surface area contributed by atoms with Gasteiger partial charge in [-0.05, 0) is 41.8 Å². The first-order valence-electron chi connectivity index (χ1n) is 8.42. The number of carboxylic acid groups (broad SMARTS) is 1. The van der Waals surface area contributed by atoms with Crippen LogP contribution in [0.5, 0.6) is 0 Å². The van der Waals surface area contributed by atoms with Crippen molar-refractivity contribution in [2.75, 3.05) is 0 Å². The number of amides is 2. The number of nitrogens with zero attached hydrogens (tertiary/aromatic N) is 1. The summed E-state index contributed by atoms with van der Waals surface area (Å²) in [6, 6.07) is 14.8. The third kappa shape index (κ3) is 3.46. The molecule has 0 bridgehead atoms. The van der Waals surface area contributed by atoms with Crippen molar-refractivity contribution in [3.05, 3.63) is 71.4 Å². The Balaban J connectivity index is 1.59. The molecule has 1 atom stereocenters. The number of nitrogens with one attached hydrogen (secondary N) is 1. The Bertz CT molecular complexity index is 1060. The molecule has 7 heteroatoms. The van der Waals surface area contributed by atoms with Gasteiger partial charge in [0, 0.05) is 23.6 Å². The summed E-state index contributed by atoms with van der Waals surface area (Å²) in [4.78, 5) is 34.2. The maximum absolute atomic E-state index is 11.8. The van der Waals surface area contributed by atoms with Crippen molar-refractivity contribution < 1.29 is 19.5 Å². The van der Waals surface area contributed by atoms with Gasteiger partial charge in [-0.15, -0.1) is 0 Å². The van der Waals surface area contributed by atoms with Gasteiger partial charge in [-0.1, -0.05) is 36.0 Å². The van der Waals surface area contributed by atoms with Crippen molar-refractivity contribution in [1.29, 1.82) is 0 Å². The topological polar surface area (TPSA) is 88.4 Å². The van der Waals surface area contributed by atoms with Crippen LogP contribution in [0, 0.1) is 0 Å². The van der Waals surface area contributed by atoms with E-state index in [1.807, 2.05) is 42.6 Å². The third-order valence-corrected chi connectivity index (χ3v) is 5.61. The summed E-state index contributed by atoms with van der Waals surface area (Å²) >= 11 is 1.04. The molecule has 2 amide bonds. The van der Waals surface area contributed by atoms with E-state index in [9.17, 15) is 14.4 Å². The third-order valence-electron chi connectivity index (χ3n) is 4.63. The highest BCUT2D eigenvalue weighted by molar-refractivity contribution is 8.15. The Morgan fingerprint density at radius 1 is 1.11 bits per heavy atom. The summed E-state index contributed by atoms with van der Waals surface area (Å²) in [6.07, 6.45) is 2.48. The number of fused-ring (bicyclic) bond motifs is 1. The molecule has 136 valence electrons. The van der Waals surface area contributed by atoms with Gasteiger partial charge in [0.05, 0.1) is 10.8 Å². The van der Waals surface area contributed by atoms with Gasteiger partial charge in [-0.25, -0.2) is 4.79 Å². The van der Waals surface area contributed by atoms with Crippen LogP contribution in [0.4, 0.5) is 4.79 Å². The smallest absolute Gasteiger partial charge is 0.335 e. The van der Waals surface area contributed by atoms with Crippen molar-refractivity contribution in [3.63, 3.8) is 0 Å². The van der Waals surface area contributed by atoms with Crippen LogP contribution in [0.3, 0.4) is 0 Å². The number of imide groups is 1. The minimum atomic E-state index is -0.940. The fourth-order valence-corrected chi connectivity index (χ4v) is 4.13. The minimum absolute atomic E-state index is 0.236. The Kier molecular flexibility index (Phi) is 4.45. The highest BCUT2D eigenvalue weighted by Crippen LogP contribution is 2.28. The van der Waals surface area contributed by atoms with Crippen molar-refractivity contribution in [2.45, 2.75) is 18.2 Å². The molecule has 2 N–H and O–H groups in total. The minimum Gasteiger partial charge on any atom is -0.478 e. The van der Waals surface area contributed by atoms with Gasteiger partial charge in [0.25, 0.3) is 5.24 Å². The molecule has 1 aliphatic heterocycles. The van der Waals surface area contributed by atoms with Gasteiger partial charge in [0.15, 0.2) is 0 Å². The molecule has 1 saturated heterocycles. The molecular formula is C20H16N2O4S. The van der Waals surface area contributed by atoms with Crippen LogP contribution in [0.2, 0.25) is 0 Å². The average molecular weight is 380 g/mol. The molecule has 2 aromatic carbocycles. The number of hydrogen-bond acceptors (Lipinski definition) is 4. The number of carboxylic acids is 1. The van der Waals surface area contributed by atoms with Gasteiger partial charge in [0.1, 0.15) is 0 Å². The second kappa shape index (κ2) is 6.92. The molecule has 1 aromatic heterocycles. The first kappa shape index (κ1) is 17.4. The zero-order valence-electron chi connectivity index (χ0n) is 14.2. The number of aromatic nitrogens is 1. The lowest BCUT2D eigenvalue weighted by Gasteiger charge is -2.09. The van der Waals surface area contributed by atoms with E-state index in [4.69, 9.17) is 5.11 Å². The fourth-order valence-electron chi connectivity index (χ4n) is 3.28. The monoisotopic (exact) mass is 380 g/mol. The Labute approximate surface area is 159 Å². The molecular weight excluding hydrogens is 364 g/mol. The van der Waals surface area contributed by atoms with Crippen LogP contribution < -0.4 is 5.32 Å². The summed E-state index contributed by atoms with van der Waals surface area (Å²) in [5, 5.41) is 11.7. The zero-order valence-corrected chi connectivity index (χ0v) is 15.0. The maximum Gasteiger partial charge on any atom is 0.335 e. The number of benzene rings is 2. The van der Waals surface area contributed by atoms with Crippen molar-refractivity contribution in [2.24, 2.45) is 0 Å². The quantitative estimate of drug-likeness (QED) is 0.709. The molecule has 1 fully saturated rings. The number of carbonyl (C=O) groups excluding carboxylic acids is 2.